The van der Waals surface area contributed by atoms with Crippen molar-refractivity contribution in [2.75, 3.05) is 0 Å². The summed E-state index contributed by atoms with van der Waals surface area (Å²) in [4.78, 5) is 13.1. The first kappa shape index (κ1) is 34.7. The topological polar surface area (TPSA) is 25.8 Å². The van der Waals surface area contributed by atoms with E-state index >= 15 is 0 Å². The second-order valence-corrected chi connectivity index (χ2v) is 16.7. The van der Waals surface area contributed by atoms with Crippen LogP contribution in [0.1, 0.15) is 22.3 Å². The number of aromatic nitrogens is 2. The molecule has 2 aliphatic rings. The lowest BCUT2D eigenvalue weighted by molar-refractivity contribution is 0.723. The molecule has 0 saturated heterocycles. The first-order valence-electron chi connectivity index (χ1n) is 20.5. The molecule has 0 amide bonds. The molecule has 0 unspecified atom stereocenters. The highest BCUT2D eigenvalue weighted by atomic mass is 32.2. The van der Waals surface area contributed by atoms with E-state index in [1.54, 1.807) is 0 Å². The molecule has 10 aromatic rings. The van der Waals surface area contributed by atoms with Gasteiger partial charge in [0.2, 0.25) is 0 Å². The van der Waals surface area contributed by atoms with Crippen LogP contribution in [0.2, 0.25) is 0 Å². The van der Waals surface area contributed by atoms with E-state index in [0.29, 0.717) is 5.82 Å². The minimum atomic E-state index is -0.428. The number of hydrogen-bond donors (Lipinski definition) is 0. The van der Waals surface area contributed by atoms with Gasteiger partial charge in [0, 0.05) is 26.5 Å². The van der Waals surface area contributed by atoms with E-state index < -0.39 is 5.41 Å². The molecule has 0 N–H and O–H groups in total. The van der Waals surface area contributed by atoms with Crippen molar-refractivity contribution in [1.29, 1.82) is 0 Å². The van der Waals surface area contributed by atoms with Crippen LogP contribution in [0.15, 0.2) is 228 Å². The van der Waals surface area contributed by atoms with Gasteiger partial charge >= 0.3 is 0 Å². The Morgan fingerprint density at radius 2 is 0.833 bits per heavy atom. The minimum absolute atomic E-state index is 0.428. The van der Waals surface area contributed by atoms with Gasteiger partial charge < -0.3 is 0 Å². The van der Waals surface area contributed by atoms with E-state index in [9.17, 15) is 0 Å². The van der Waals surface area contributed by atoms with E-state index in [2.05, 4.69) is 212 Å². The van der Waals surface area contributed by atoms with Gasteiger partial charge in [-0.25, -0.2) is 9.97 Å². The Morgan fingerprint density at radius 1 is 0.317 bits per heavy atom. The SMILES string of the molecule is c1ccc(-c2nc(-c3cccc(-c4cccc5c4Sc4ccccc4C54c5ccccc5-c5ccccc54)c3)cc(-c3ccc(-c4ccccc4)c4ccccc34)n2)cc1. The van der Waals surface area contributed by atoms with Crippen LogP contribution >= 0.6 is 11.8 Å². The molecular weight excluding hydrogens is 745 g/mol. The lowest BCUT2D eigenvalue weighted by Crippen LogP contribution is -2.32. The summed E-state index contributed by atoms with van der Waals surface area (Å²) in [6.45, 7) is 0. The molecule has 0 fully saturated rings. The van der Waals surface area contributed by atoms with Crippen molar-refractivity contribution in [3.8, 4) is 67.3 Å². The number of rotatable bonds is 5. The van der Waals surface area contributed by atoms with E-state index in [4.69, 9.17) is 9.97 Å². The summed E-state index contributed by atoms with van der Waals surface area (Å²) in [6.07, 6.45) is 0. The van der Waals surface area contributed by atoms with Crippen molar-refractivity contribution in [2.24, 2.45) is 0 Å². The van der Waals surface area contributed by atoms with Gasteiger partial charge in [-0.15, -0.1) is 0 Å². The maximum atomic E-state index is 5.29. The van der Waals surface area contributed by atoms with E-state index in [1.807, 2.05) is 17.8 Å². The number of hydrogen-bond acceptors (Lipinski definition) is 3. The van der Waals surface area contributed by atoms with Gasteiger partial charge in [-0.1, -0.05) is 212 Å². The molecule has 0 atom stereocenters. The Labute approximate surface area is 353 Å². The summed E-state index contributed by atoms with van der Waals surface area (Å²) >= 11 is 1.89. The quantitative estimate of drug-likeness (QED) is 0.174. The molecule has 0 saturated carbocycles. The summed E-state index contributed by atoms with van der Waals surface area (Å²) in [5.41, 5.74) is 17.2. The monoisotopic (exact) mass is 780 g/mol. The highest BCUT2D eigenvalue weighted by Crippen LogP contribution is 2.63. The summed E-state index contributed by atoms with van der Waals surface area (Å²) in [7, 11) is 0. The van der Waals surface area contributed by atoms with Crippen LogP contribution in [0, 0.1) is 0 Å². The largest absolute Gasteiger partial charge is 0.228 e. The molecule has 0 radical (unpaired) electrons. The summed E-state index contributed by atoms with van der Waals surface area (Å²) in [5.74, 6) is 0.703. The van der Waals surface area contributed by atoms with E-state index in [-0.39, 0.29) is 0 Å². The number of fused-ring (bicyclic) bond motifs is 10. The molecule has 12 rings (SSSR count). The van der Waals surface area contributed by atoms with Crippen molar-refractivity contribution in [3.05, 3.63) is 241 Å². The first-order valence-corrected chi connectivity index (χ1v) is 21.3. The van der Waals surface area contributed by atoms with E-state index in [1.165, 1.54) is 65.2 Å². The third-order valence-corrected chi connectivity index (χ3v) is 13.6. The first-order chi connectivity index (χ1) is 29.8. The fourth-order valence-electron chi connectivity index (χ4n) is 9.79. The molecule has 1 aliphatic heterocycles. The third kappa shape index (κ3) is 5.29. The molecule has 280 valence electrons. The van der Waals surface area contributed by atoms with Crippen molar-refractivity contribution in [1.82, 2.24) is 9.97 Å². The highest BCUT2D eigenvalue weighted by molar-refractivity contribution is 7.99. The Morgan fingerprint density at radius 3 is 1.58 bits per heavy atom. The minimum Gasteiger partial charge on any atom is -0.228 e. The van der Waals surface area contributed by atoms with Gasteiger partial charge in [-0.3, -0.25) is 0 Å². The van der Waals surface area contributed by atoms with Crippen LogP contribution in [-0.2, 0) is 5.41 Å². The smallest absolute Gasteiger partial charge is 0.160 e. The average molecular weight is 781 g/mol. The van der Waals surface area contributed by atoms with Crippen LogP contribution in [0.5, 0.6) is 0 Å². The second kappa shape index (κ2) is 13.9. The zero-order valence-electron chi connectivity index (χ0n) is 32.6. The van der Waals surface area contributed by atoms with Gasteiger partial charge in [0.05, 0.1) is 16.8 Å². The average Bonchev–Trinajstić information content (AvgIpc) is 3.62. The second-order valence-electron chi connectivity index (χ2n) is 15.6. The van der Waals surface area contributed by atoms with Crippen molar-refractivity contribution < 1.29 is 0 Å². The van der Waals surface area contributed by atoms with Gasteiger partial charge in [0.15, 0.2) is 5.82 Å². The Hall–Kier alpha value is -7.33. The molecular formula is C57H36N2S. The van der Waals surface area contributed by atoms with Gasteiger partial charge in [-0.05, 0) is 84.6 Å². The van der Waals surface area contributed by atoms with Crippen molar-refractivity contribution in [3.63, 3.8) is 0 Å². The fourth-order valence-corrected chi connectivity index (χ4v) is 11.1. The molecule has 1 spiro atoms. The maximum absolute atomic E-state index is 5.29. The Kier molecular flexibility index (Phi) is 8.04. The van der Waals surface area contributed by atoms with Crippen LogP contribution in [0.3, 0.4) is 0 Å². The fraction of sp³-hybridized carbons (Fsp3) is 0.0175. The highest BCUT2D eigenvalue weighted by Gasteiger charge is 2.50. The summed E-state index contributed by atoms with van der Waals surface area (Å²) < 4.78 is 0. The Bertz CT molecular complexity index is 3250. The molecule has 3 heteroatoms. The third-order valence-electron chi connectivity index (χ3n) is 12.4. The van der Waals surface area contributed by atoms with Gasteiger partial charge in [-0.2, -0.15) is 0 Å². The molecule has 1 aliphatic carbocycles. The molecule has 1 aromatic heterocycles. The van der Waals surface area contributed by atoms with Crippen LogP contribution < -0.4 is 0 Å². The molecule has 60 heavy (non-hydrogen) atoms. The normalized spacial score (nSPS) is 13.1. The summed E-state index contributed by atoms with van der Waals surface area (Å²) in [6, 6.07) is 79.1. The van der Waals surface area contributed by atoms with Crippen LogP contribution in [0.4, 0.5) is 0 Å². The predicted octanol–water partition coefficient (Wildman–Crippen LogP) is 14.8. The van der Waals surface area contributed by atoms with Crippen molar-refractivity contribution >= 4 is 22.5 Å². The zero-order valence-corrected chi connectivity index (χ0v) is 33.4. The number of benzene rings is 9. The molecule has 2 nitrogen and oxygen atoms in total. The Balaban J connectivity index is 1.04. The summed E-state index contributed by atoms with van der Waals surface area (Å²) in [5, 5.41) is 2.36. The predicted molar refractivity (Wildman–Crippen MR) is 248 cm³/mol. The lowest BCUT2D eigenvalue weighted by atomic mass is 9.67. The van der Waals surface area contributed by atoms with Crippen LogP contribution in [-0.4, -0.2) is 9.97 Å². The van der Waals surface area contributed by atoms with Crippen molar-refractivity contribution in [2.45, 2.75) is 15.2 Å². The molecule has 9 aromatic carbocycles. The standard InChI is InChI=1S/C57H36N2S/c1-3-17-37(18-4-1)41-33-34-47(44-24-8-7-23-43(41)44)53-36-52(58-56(59-53)38-19-5-2-6-20-38)40-22-15-21-39(35-40)42-27-16-31-51-55(42)60-54-32-14-13-30-50(54)57(51)48-28-11-9-25-45(48)46-26-10-12-29-49(46)57/h1-36H. The lowest BCUT2D eigenvalue weighted by Gasteiger charge is -2.40. The number of nitrogens with zero attached hydrogens (tertiary/aromatic N) is 2. The van der Waals surface area contributed by atoms with Gasteiger partial charge in [0.25, 0.3) is 0 Å². The molecule has 2 heterocycles. The molecule has 0 bridgehead atoms. The zero-order chi connectivity index (χ0) is 39.6. The maximum Gasteiger partial charge on any atom is 0.160 e. The van der Waals surface area contributed by atoms with Crippen LogP contribution in [0.25, 0.3) is 78.1 Å². The van der Waals surface area contributed by atoms with Gasteiger partial charge in [0.1, 0.15) is 0 Å². The van der Waals surface area contributed by atoms with E-state index in [0.717, 1.165) is 39.0 Å².